The third kappa shape index (κ3) is 3.03. The molecule has 1 saturated heterocycles. The summed E-state index contributed by atoms with van der Waals surface area (Å²) in [5.74, 6) is -0.543. The van der Waals surface area contributed by atoms with Gasteiger partial charge in [0.2, 0.25) is 0 Å². The summed E-state index contributed by atoms with van der Waals surface area (Å²) < 4.78 is 10.2. The van der Waals surface area contributed by atoms with Crippen LogP contribution >= 0.6 is 0 Å². The quantitative estimate of drug-likeness (QED) is 0.616. The zero-order chi connectivity index (χ0) is 18.0. The number of urea groups is 1. The predicted molar refractivity (Wildman–Crippen MR) is 89.4 cm³/mol. The zero-order valence-electron chi connectivity index (χ0n) is 13.8. The van der Waals surface area contributed by atoms with Crippen molar-refractivity contribution < 1.29 is 23.9 Å². The van der Waals surface area contributed by atoms with Crippen LogP contribution in [-0.4, -0.2) is 37.0 Å². The fourth-order valence-corrected chi connectivity index (χ4v) is 2.56. The molecule has 128 valence electrons. The number of anilines is 1. The van der Waals surface area contributed by atoms with Gasteiger partial charge in [-0.15, -0.1) is 0 Å². The number of hydrogen-bond donors (Lipinski definition) is 0. The Morgan fingerprint density at radius 1 is 0.840 bits per heavy atom. The van der Waals surface area contributed by atoms with Crippen LogP contribution in [0.2, 0.25) is 0 Å². The van der Waals surface area contributed by atoms with Crippen LogP contribution in [0.5, 0.6) is 11.5 Å². The molecule has 1 aliphatic rings. The Morgan fingerprint density at radius 3 is 2.16 bits per heavy atom. The van der Waals surface area contributed by atoms with E-state index in [-0.39, 0.29) is 6.54 Å². The van der Waals surface area contributed by atoms with Crippen LogP contribution in [0.3, 0.4) is 0 Å². The molecule has 0 spiro atoms. The Kier molecular flexibility index (Phi) is 4.38. The minimum Gasteiger partial charge on any atom is -0.497 e. The lowest BCUT2D eigenvalue weighted by atomic mass is 10.2. The first-order valence-electron chi connectivity index (χ1n) is 7.52. The van der Waals surface area contributed by atoms with Crippen molar-refractivity contribution in [3.05, 3.63) is 54.1 Å². The van der Waals surface area contributed by atoms with Crippen molar-refractivity contribution in [2.45, 2.75) is 6.54 Å². The van der Waals surface area contributed by atoms with E-state index in [1.807, 2.05) is 0 Å². The second kappa shape index (κ2) is 6.64. The van der Waals surface area contributed by atoms with E-state index in [0.717, 1.165) is 9.80 Å². The highest BCUT2D eigenvalue weighted by Crippen LogP contribution is 2.26. The molecule has 7 heteroatoms. The van der Waals surface area contributed by atoms with Gasteiger partial charge in [-0.25, -0.2) is 9.69 Å². The lowest BCUT2D eigenvalue weighted by molar-refractivity contribution is -0.139. The Morgan fingerprint density at radius 2 is 1.52 bits per heavy atom. The van der Waals surface area contributed by atoms with Crippen molar-refractivity contribution in [2.75, 3.05) is 19.1 Å². The van der Waals surface area contributed by atoms with Crippen LogP contribution in [0.4, 0.5) is 10.5 Å². The number of nitrogens with zero attached hydrogens (tertiary/aromatic N) is 2. The zero-order valence-corrected chi connectivity index (χ0v) is 13.8. The fourth-order valence-electron chi connectivity index (χ4n) is 2.56. The van der Waals surface area contributed by atoms with Gasteiger partial charge in [0.25, 0.3) is 0 Å². The molecular formula is C18H16N2O5. The first-order valence-corrected chi connectivity index (χ1v) is 7.52. The number of imide groups is 2. The van der Waals surface area contributed by atoms with E-state index >= 15 is 0 Å². The summed E-state index contributed by atoms with van der Waals surface area (Å²) in [6.45, 7) is -0.00669. The normalized spacial score (nSPS) is 14.2. The maximum atomic E-state index is 12.6. The van der Waals surface area contributed by atoms with Crippen LogP contribution in [-0.2, 0) is 16.1 Å². The molecule has 0 aliphatic carbocycles. The van der Waals surface area contributed by atoms with Gasteiger partial charge in [-0.1, -0.05) is 12.1 Å². The summed E-state index contributed by atoms with van der Waals surface area (Å²) in [5.41, 5.74) is 1.00. The number of benzene rings is 2. The number of ether oxygens (including phenoxy) is 2. The van der Waals surface area contributed by atoms with Crippen molar-refractivity contribution >= 4 is 23.5 Å². The minimum atomic E-state index is -0.877. The maximum Gasteiger partial charge on any atom is 0.339 e. The summed E-state index contributed by atoms with van der Waals surface area (Å²) >= 11 is 0. The van der Waals surface area contributed by atoms with Gasteiger partial charge in [0.05, 0.1) is 26.5 Å². The lowest BCUT2D eigenvalue weighted by Crippen LogP contribution is -2.33. The molecule has 7 nitrogen and oxygen atoms in total. The van der Waals surface area contributed by atoms with Crippen LogP contribution in [0.1, 0.15) is 5.56 Å². The van der Waals surface area contributed by atoms with Gasteiger partial charge in [0.1, 0.15) is 11.5 Å². The van der Waals surface area contributed by atoms with Gasteiger partial charge in [0.15, 0.2) is 0 Å². The Hall–Kier alpha value is -3.35. The number of carbonyl (C=O) groups is 3. The molecule has 1 fully saturated rings. The van der Waals surface area contributed by atoms with Gasteiger partial charge in [-0.05, 0) is 42.0 Å². The Bertz CT molecular complexity index is 832. The van der Waals surface area contributed by atoms with Crippen LogP contribution < -0.4 is 14.4 Å². The van der Waals surface area contributed by atoms with Crippen molar-refractivity contribution in [1.29, 1.82) is 0 Å². The summed E-state index contributed by atoms with van der Waals surface area (Å²) in [7, 11) is 3.04. The van der Waals surface area contributed by atoms with Gasteiger partial charge in [-0.2, -0.15) is 0 Å². The molecule has 1 aliphatic heterocycles. The van der Waals surface area contributed by atoms with Crippen LogP contribution in [0, 0.1) is 0 Å². The van der Waals surface area contributed by atoms with E-state index in [4.69, 9.17) is 9.47 Å². The molecule has 1 heterocycles. The van der Waals surface area contributed by atoms with Crippen molar-refractivity contribution in [1.82, 2.24) is 4.90 Å². The Labute approximate surface area is 144 Å². The van der Waals surface area contributed by atoms with E-state index in [2.05, 4.69) is 0 Å². The van der Waals surface area contributed by atoms with Crippen molar-refractivity contribution in [3.63, 3.8) is 0 Å². The molecule has 25 heavy (non-hydrogen) atoms. The molecule has 0 N–H and O–H groups in total. The molecule has 3 rings (SSSR count). The van der Waals surface area contributed by atoms with Gasteiger partial charge >= 0.3 is 17.8 Å². The number of amides is 4. The van der Waals surface area contributed by atoms with Crippen molar-refractivity contribution in [3.8, 4) is 11.5 Å². The highest BCUT2D eigenvalue weighted by atomic mass is 16.5. The molecule has 0 radical (unpaired) electrons. The first kappa shape index (κ1) is 16.5. The lowest BCUT2D eigenvalue weighted by Gasteiger charge is -2.16. The molecule has 2 aromatic carbocycles. The largest absolute Gasteiger partial charge is 0.497 e. The second-order valence-electron chi connectivity index (χ2n) is 5.36. The molecular weight excluding hydrogens is 324 g/mol. The SMILES string of the molecule is COc1ccc(N2C(=O)C(=O)N(Cc3cccc(OC)c3)C2=O)cc1. The number of carbonyl (C=O) groups excluding carboxylic acids is 3. The highest BCUT2D eigenvalue weighted by molar-refractivity contribution is 6.52. The van der Waals surface area contributed by atoms with Gasteiger partial charge in [-0.3, -0.25) is 14.5 Å². The van der Waals surface area contributed by atoms with Crippen LogP contribution in [0.25, 0.3) is 0 Å². The van der Waals surface area contributed by atoms with Crippen molar-refractivity contribution in [2.24, 2.45) is 0 Å². The minimum absolute atomic E-state index is 0.00669. The predicted octanol–water partition coefficient (Wildman–Crippen LogP) is 2.20. The third-order valence-corrected chi connectivity index (χ3v) is 3.86. The maximum absolute atomic E-state index is 12.6. The van der Waals surface area contributed by atoms with E-state index < -0.39 is 17.8 Å². The molecule has 0 saturated carbocycles. The van der Waals surface area contributed by atoms with E-state index in [9.17, 15) is 14.4 Å². The number of hydrogen-bond acceptors (Lipinski definition) is 5. The van der Waals surface area contributed by atoms with E-state index in [1.165, 1.54) is 14.2 Å². The average molecular weight is 340 g/mol. The number of methoxy groups -OCH3 is 2. The molecule has 0 unspecified atom stereocenters. The highest BCUT2D eigenvalue weighted by Gasteiger charge is 2.45. The fraction of sp³-hybridized carbons (Fsp3) is 0.167. The first-order chi connectivity index (χ1) is 12.0. The Balaban J connectivity index is 1.85. The van der Waals surface area contributed by atoms with Gasteiger partial charge < -0.3 is 9.47 Å². The summed E-state index contributed by atoms with van der Waals surface area (Å²) in [5, 5.41) is 0. The summed E-state index contributed by atoms with van der Waals surface area (Å²) in [4.78, 5) is 38.9. The molecule has 2 aromatic rings. The second-order valence-corrected chi connectivity index (χ2v) is 5.36. The standard InChI is InChI=1S/C18H16N2O5/c1-24-14-8-6-13(7-9-14)20-17(22)16(21)19(18(20)23)11-12-4-3-5-15(10-12)25-2/h3-10H,11H2,1-2H3. The van der Waals surface area contributed by atoms with Gasteiger partial charge in [0, 0.05) is 0 Å². The smallest absolute Gasteiger partial charge is 0.339 e. The monoisotopic (exact) mass is 340 g/mol. The average Bonchev–Trinajstić information content (AvgIpc) is 2.85. The van der Waals surface area contributed by atoms with E-state index in [1.54, 1.807) is 48.5 Å². The molecule has 0 bridgehead atoms. The number of rotatable bonds is 5. The topological polar surface area (TPSA) is 76.2 Å². The summed E-state index contributed by atoms with van der Waals surface area (Å²) in [6, 6.07) is 12.6. The molecule has 0 aromatic heterocycles. The molecule has 4 amide bonds. The third-order valence-electron chi connectivity index (χ3n) is 3.86. The van der Waals surface area contributed by atoms with Crippen LogP contribution in [0.15, 0.2) is 48.5 Å². The summed E-state index contributed by atoms with van der Waals surface area (Å²) in [6.07, 6.45) is 0. The molecule has 0 atom stereocenters. The van der Waals surface area contributed by atoms with E-state index in [0.29, 0.717) is 22.7 Å².